The number of nitrogens with two attached hydrogens (primary N) is 1. The van der Waals surface area contributed by atoms with Gasteiger partial charge < -0.3 is 10.3 Å². The highest BCUT2D eigenvalue weighted by Crippen LogP contribution is 2.34. The number of rotatable bonds is 8. The Balaban J connectivity index is 2.35. The minimum atomic E-state index is -1.17. The SMILES string of the molecule is CCc1c(C(=O)C(N)=O)c2c(OOC(C)=O)nc(SC)nc2n1Cc1cccc(F)c1. The summed E-state index contributed by atoms with van der Waals surface area (Å²) >= 11 is 1.19. The number of hydrogen-bond donors (Lipinski definition) is 1. The number of aromatic nitrogens is 3. The molecule has 2 aromatic heterocycles. The molecule has 0 atom stereocenters. The van der Waals surface area contributed by atoms with Crippen LogP contribution in [0.25, 0.3) is 11.0 Å². The van der Waals surface area contributed by atoms with Crippen LogP contribution in [0.3, 0.4) is 0 Å². The third-order valence-electron chi connectivity index (χ3n) is 4.39. The third-order valence-corrected chi connectivity index (χ3v) is 4.94. The summed E-state index contributed by atoms with van der Waals surface area (Å²) in [4.78, 5) is 54.1. The van der Waals surface area contributed by atoms with E-state index in [1.807, 2.05) is 0 Å². The topological polar surface area (TPSA) is 126 Å². The molecule has 0 spiro atoms. The van der Waals surface area contributed by atoms with Crippen LogP contribution in [-0.4, -0.2) is 38.5 Å². The number of hydrogen-bond acceptors (Lipinski definition) is 8. The molecule has 0 fully saturated rings. The highest BCUT2D eigenvalue weighted by molar-refractivity contribution is 7.98. The van der Waals surface area contributed by atoms with Crippen molar-refractivity contribution < 1.29 is 28.5 Å². The number of primary amides is 1. The van der Waals surface area contributed by atoms with E-state index >= 15 is 0 Å². The summed E-state index contributed by atoms with van der Waals surface area (Å²) in [5.41, 5.74) is 6.53. The number of fused-ring (bicyclic) bond motifs is 1. The Morgan fingerprint density at radius 3 is 2.58 bits per heavy atom. The first-order chi connectivity index (χ1) is 14.8. The zero-order chi connectivity index (χ0) is 22.7. The van der Waals surface area contributed by atoms with Crippen molar-refractivity contribution in [3.05, 3.63) is 46.9 Å². The number of ketones is 1. The first-order valence-corrected chi connectivity index (χ1v) is 10.4. The molecule has 3 aromatic rings. The quantitative estimate of drug-likeness (QED) is 0.140. The van der Waals surface area contributed by atoms with Crippen LogP contribution >= 0.6 is 11.8 Å². The van der Waals surface area contributed by atoms with Gasteiger partial charge in [0.1, 0.15) is 11.5 Å². The number of halogens is 1. The second kappa shape index (κ2) is 9.13. The van der Waals surface area contributed by atoms with Gasteiger partial charge in [-0.1, -0.05) is 30.8 Å². The molecule has 0 aliphatic heterocycles. The Morgan fingerprint density at radius 2 is 2.00 bits per heavy atom. The lowest BCUT2D eigenvalue weighted by atomic mass is 10.1. The molecule has 162 valence electrons. The molecular weight excluding hydrogens is 427 g/mol. The van der Waals surface area contributed by atoms with Crippen LogP contribution in [0, 0.1) is 5.82 Å². The van der Waals surface area contributed by atoms with Crippen molar-refractivity contribution in [2.24, 2.45) is 5.73 Å². The van der Waals surface area contributed by atoms with E-state index in [1.54, 1.807) is 29.9 Å². The predicted octanol–water partition coefficient (Wildman–Crippen LogP) is 2.43. The van der Waals surface area contributed by atoms with Crippen LogP contribution in [0.5, 0.6) is 5.88 Å². The van der Waals surface area contributed by atoms with Crippen LogP contribution in [-0.2, 0) is 27.4 Å². The van der Waals surface area contributed by atoms with E-state index in [2.05, 4.69) is 14.9 Å². The summed E-state index contributed by atoms with van der Waals surface area (Å²) in [7, 11) is 0. The van der Waals surface area contributed by atoms with E-state index in [0.29, 0.717) is 17.7 Å². The second-order valence-electron chi connectivity index (χ2n) is 6.46. The molecule has 2 heterocycles. The maximum Gasteiger partial charge on any atom is 0.352 e. The number of benzene rings is 1. The standard InChI is InChI=1S/C20H19FN4O5S/c1-4-13-14(16(27)17(22)28)15-18(25(13)9-11-6-5-7-12(21)8-11)23-20(31-3)24-19(15)30-29-10(2)26/h5-8H,4,9H2,1-3H3,(H2,22,28). The van der Waals surface area contributed by atoms with Gasteiger partial charge in [-0.2, -0.15) is 4.98 Å². The highest BCUT2D eigenvalue weighted by Gasteiger charge is 2.30. The van der Waals surface area contributed by atoms with E-state index in [9.17, 15) is 18.8 Å². The zero-order valence-electron chi connectivity index (χ0n) is 17.0. The van der Waals surface area contributed by atoms with Gasteiger partial charge in [0.2, 0.25) is 0 Å². The number of thioether (sulfide) groups is 1. The predicted molar refractivity (Wildman–Crippen MR) is 110 cm³/mol. The Morgan fingerprint density at radius 1 is 1.26 bits per heavy atom. The summed E-state index contributed by atoms with van der Waals surface area (Å²) in [6, 6.07) is 5.96. The van der Waals surface area contributed by atoms with Crippen molar-refractivity contribution >= 4 is 40.5 Å². The van der Waals surface area contributed by atoms with Gasteiger partial charge in [0.25, 0.3) is 17.6 Å². The summed E-state index contributed by atoms with van der Waals surface area (Å²) in [6.45, 7) is 3.07. The van der Waals surface area contributed by atoms with Crippen LogP contribution in [0.2, 0.25) is 0 Å². The highest BCUT2D eigenvalue weighted by atomic mass is 32.2. The molecule has 3 rings (SSSR count). The molecule has 31 heavy (non-hydrogen) atoms. The lowest BCUT2D eigenvalue weighted by molar-refractivity contribution is -0.212. The van der Waals surface area contributed by atoms with E-state index < -0.39 is 23.5 Å². The van der Waals surface area contributed by atoms with Gasteiger partial charge >= 0.3 is 5.97 Å². The van der Waals surface area contributed by atoms with Crippen LogP contribution < -0.4 is 10.6 Å². The van der Waals surface area contributed by atoms with Crippen molar-refractivity contribution in [3.8, 4) is 5.88 Å². The molecule has 0 radical (unpaired) electrons. The maximum absolute atomic E-state index is 13.7. The van der Waals surface area contributed by atoms with Crippen molar-refractivity contribution in [3.63, 3.8) is 0 Å². The van der Waals surface area contributed by atoms with Gasteiger partial charge in [0.15, 0.2) is 5.16 Å². The monoisotopic (exact) mass is 446 g/mol. The second-order valence-corrected chi connectivity index (χ2v) is 7.23. The van der Waals surface area contributed by atoms with E-state index in [0.717, 1.165) is 6.92 Å². The van der Waals surface area contributed by atoms with E-state index in [-0.39, 0.29) is 34.2 Å². The fourth-order valence-electron chi connectivity index (χ4n) is 3.20. The number of Topliss-reactive ketones (excluding diaryl/α,β-unsaturated/α-hetero) is 1. The van der Waals surface area contributed by atoms with Gasteiger partial charge in [-0.15, -0.1) is 0 Å². The molecule has 0 saturated carbocycles. The fourth-order valence-corrected chi connectivity index (χ4v) is 3.56. The summed E-state index contributed by atoms with van der Waals surface area (Å²) in [6.07, 6.45) is 2.05. The molecule has 11 heteroatoms. The number of carbonyl (C=O) groups is 3. The average molecular weight is 446 g/mol. The Bertz CT molecular complexity index is 1190. The van der Waals surface area contributed by atoms with Crippen molar-refractivity contribution in [2.45, 2.75) is 32.0 Å². The number of nitrogens with zero attached hydrogens (tertiary/aromatic N) is 3. The lowest BCUT2D eigenvalue weighted by Crippen LogP contribution is -2.24. The van der Waals surface area contributed by atoms with Crippen molar-refractivity contribution in [1.82, 2.24) is 14.5 Å². The molecule has 2 N–H and O–H groups in total. The fraction of sp³-hybridized carbons (Fsp3) is 0.250. The van der Waals surface area contributed by atoms with Crippen molar-refractivity contribution in [1.29, 1.82) is 0 Å². The maximum atomic E-state index is 13.7. The summed E-state index contributed by atoms with van der Waals surface area (Å²) < 4.78 is 15.4. The first-order valence-electron chi connectivity index (χ1n) is 9.17. The molecule has 0 saturated heterocycles. The number of amides is 1. The smallest absolute Gasteiger partial charge is 0.352 e. The molecule has 0 bridgehead atoms. The molecule has 0 unspecified atom stereocenters. The van der Waals surface area contributed by atoms with Gasteiger partial charge in [0.05, 0.1) is 10.9 Å². The third kappa shape index (κ3) is 4.50. The van der Waals surface area contributed by atoms with Gasteiger partial charge in [-0.05, 0) is 30.4 Å². The molecule has 1 aromatic carbocycles. The largest absolute Gasteiger partial charge is 0.363 e. The van der Waals surface area contributed by atoms with Crippen LogP contribution in [0.1, 0.15) is 35.5 Å². The van der Waals surface area contributed by atoms with Crippen LogP contribution in [0.4, 0.5) is 4.39 Å². The minimum Gasteiger partial charge on any atom is -0.363 e. The van der Waals surface area contributed by atoms with Gasteiger partial charge in [-0.3, -0.25) is 14.5 Å². The van der Waals surface area contributed by atoms with Crippen LogP contribution in [0.15, 0.2) is 29.4 Å². The summed E-state index contributed by atoms with van der Waals surface area (Å²) in [5.74, 6) is -3.50. The zero-order valence-corrected chi connectivity index (χ0v) is 17.8. The first kappa shape index (κ1) is 22.2. The molecule has 9 nitrogen and oxygen atoms in total. The van der Waals surface area contributed by atoms with Gasteiger partial charge in [0, 0.05) is 19.2 Å². The minimum absolute atomic E-state index is 0.0452. The van der Waals surface area contributed by atoms with Crippen molar-refractivity contribution in [2.75, 3.05) is 6.26 Å². The Labute approximate surface area is 180 Å². The molecule has 0 aliphatic rings. The van der Waals surface area contributed by atoms with E-state index in [1.165, 1.54) is 23.9 Å². The van der Waals surface area contributed by atoms with E-state index in [4.69, 9.17) is 10.6 Å². The molecule has 0 aliphatic carbocycles. The Kier molecular flexibility index (Phi) is 6.54. The number of carbonyl (C=O) groups excluding carboxylic acids is 3. The van der Waals surface area contributed by atoms with Gasteiger partial charge in [-0.25, -0.2) is 19.1 Å². The summed E-state index contributed by atoms with van der Waals surface area (Å²) in [5, 5.41) is 0.351. The molecule has 1 amide bonds. The lowest BCUT2D eigenvalue weighted by Gasteiger charge is -2.10. The molecular formula is C20H19FN4O5S. The normalized spacial score (nSPS) is 10.8. The Hall–Kier alpha value is -3.47. The average Bonchev–Trinajstić information content (AvgIpc) is 3.04.